The van der Waals surface area contributed by atoms with E-state index in [1.165, 1.54) is 12.1 Å². The molecule has 0 spiro atoms. The fourth-order valence-corrected chi connectivity index (χ4v) is 1.42. The van der Waals surface area contributed by atoms with Gasteiger partial charge in [-0.2, -0.15) is 0 Å². The molecule has 2 nitrogen and oxygen atoms in total. The fraction of sp³-hybridized carbons (Fsp3) is 0.111. The van der Waals surface area contributed by atoms with E-state index < -0.39 is 5.82 Å². The van der Waals surface area contributed by atoms with Crippen LogP contribution in [0.3, 0.4) is 0 Å². The first-order valence-corrected chi connectivity index (χ1v) is 4.40. The Labute approximate surface area is 84.0 Å². The minimum Gasteiger partial charge on any atom is -0.513 e. The first-order chi connectivity index (χ1) is 6.00. The number of benzene rings is 1. The first kappa shape index (κ1) is 10.1. The summed E-state index contributed by atoms with van der Waals surface area (Å²) < 4.78 is 13.4. The van der Waals surface area contributed by atoms with Gasteiger partial charge in [-0.05, 0) is 17.7 Å². The van der Waals surface area contributed by atoms with Crippen molar-refractivity contribution in [1.29, 1.82) is 0 Å². The van der Waals surface area contributed by atoms with Crippen LogP contribution in [0.5, 0.6) is 0 Å². The number of aliphatic hydroxyl groups is 1. The largest absolute Gasteiger partial charge is 0.513 e. The average molecular weight is 246 g/mol. The Morgan fingerprint density at radius 2 is 2.23 bits per heavy atom. The number of nitrogen functional groups attached to an aromatic ring is 1. The number of allylic oxidation sites excluding steroid dienone is 1. The highest BCUT2D eigenvalue weighted by atomic mass is 79.9. The normalized spacial score (nSPS) is 10.0. The molecule has 13 heavy (non-hydrogen) atoms. The van der Waals surface area contributed by atoms with Crippen LogP contribution < -0.4 is 5.73 Å². The van der Waals surface area contributed by atoms with Crippen molar-refractivity contribution in [3.05, 3.63) is 40.3 Å². The van der Waals surface area contributed by atoms with Crippen LogP contribution >= 0.6 is 15.9 Å². The number of hydrogen-bond donors (Lipinski definition) is 2. The van der Waals surface area contributed by atoms with Crippen LogP contribution in [-0.4, -0.2) is 5.11 Å². The van der Waals surface area contributed by atoms with Gasteiger partial charge < -0.3 is 10.8 Å². The summed E-state index contributed by atoms with van der Waals surface area (Å²) in [5, 5.41) is 8.94. The van der Waals surface area contributed by atoms with Crippen LogP contribution in [0.1, 0.15) is 5.56 Å². The minimum absolute atomic E-state index is 0.0201. The highest BCUT2D eigenvalue weighted by molar-refractivity contribution is 9.10. The van der Waals surface area contributed by atoms with Gasteiger partial charge in [0.1, 0.15) is 5.82 Å². The molecule has 3 N–H and O–H groups in total. The summed E-state index contributed by atoms with van der Waals surface area (Å²) >= 11 is 3.16. The molecular weight excluding hydrogens is 237 g/mol. The predicted molar refractivity (Wildman–Crippen MR) is 54.0 cm³/mol. The fourth-order valence-electron chi connectivity index (χ4n) is 0.968. The highest BCUT2D eigenvalue weighted by Crippen LogP contribution is 2.24. The zero-order chi connectivity index (χ0) is 10.0. The van der Waals surface area contributed by atoms with Gasteiger partial charge in [0.2, 0.25) is 0 Å². The summed E-state index contributed by atoms with van der Waals surface area (Å²) in [5.41, 5.74) is 6.14. The van der Waals surface area contributed by atoms with Crippen molar-refractivity contribution < 1.29 is 9.50 Å². The SMILES string of the molecule is C=C(O)Cc1cc(N)c(F)cc1Br. The van der Waals surface area contributed by atoms with Crippen LogP contribution in [0.4, 0.5) is 10.1 Å². The van der Waals surface area contributed by atoms with Crippen molar-refractivity contribution in [2.45, 2.75) is 6.42 Å². The zero-order valence-electron chi connectivity index (χ0n) is 6.85. The number of hydrogen-bond acceptors (Lipinski definition) is 2. The van der Waals surface area contributed by atoms with Crippen LogP contribution in [-0.2, 0) is 6.42 Å². The van der Waals surface area contributed by atoms with Gasteiger partial charge in [-0.3, -0.25) is 0 Å². The molecule has 1 aromatic carbocycles. The van der Waals surface area contributed by atoms with Crippen molar-refractivity contribution in [3.63, 3.8) is 0 Å². The number of anilines is 1. The van der Waals surface area contributed by atoms with E-state index in [0.29, 0.717) is 10.0 Å². The van der Waals surface area contributed by atoms with Gasteiger partial charge in [0.15, 0.2) is 0 Å². The molecule has 0 radical (unpaired) electrons. The molecule has 0 amide bonds. The third-order valence-corrected chi connectivity index (χ3v) is 2.30. The molecule has 0 fully saturated rings. The molecule has 0 aliphatic heterocycles. The summed E-state index contributed by atoms with van der Waals surface area (Å²) in [6.45, 7) is 3.34. The van der Waals surface area contributed by atoms with Crippen molar-refractivity contribution in [1.82, 2.24) is 0 Å². The predicted octanol–water partition coefficient (Wildman–Crippen LogP) is 2.78. The molecule has 0 heterocycles. The lowest BCUT2D eigenvalue weighted by Crippen LogP contribution is -1.96. The van der Waals surface area contributed by atoms with E-state index in [1.54, 1.807) is 0 Å². The van der Waals surface area contributed by atoms with E-state index in [-0.39, 0.29) is 17.9 Å². The van der Waals surface area contributed by atoms with E-state index in [1.807, 2.05) is 0 Å². The molecule has 1 rings (SSSR count). The Kier molecular flexibility index (Phi) is 2.93. The van der Waals surface area contributed by atoms with Crippen LogP contribution in [0.25, 0.3) is 0 Å². The van der Waals surface area contributed by atoms with E-state index in [0.717, 1.165) is 0 Å². The number of nitrogens with two attached hydrogens (primary N) is 1. The molecule has 0 saturated carbocycles. The van der Waals surface area contributed by atoms with Crippen LogP contribution in [0.2, 0.25) is 0 Å². The molecular formula is C9H9BrFNO. The lowest BCUT2D eigenvalue weighted by molar-refractivity contribution is 0.401. The third-order valence-electron chi connectivity index (χ3n) is 1.56. The summed E-state index contributed by atoms with van der Waals surface area (Å²) in [4.78, 5) is 0. The maximum Gasteiger partial charge on any atom is 0.147 e. The van der Waals surface area contributed by atoms with Crippen molar-refractivity contribution in [2.75, 3.05) is 5.73 Å². The molecule has 0 aliphatic carbocycles. The maximum atomic E-state index is 12.9. The summed E-state index contributed by atoms with van der Waals surface area (Å²) in [5.74, 6) is -0.453. The molecule has 1 aromatic rings. The van der Waals surface area contributed by atoms with Gasteiger partial charge in [-0.25, -0.2) is 4.39 Å². The Hall–Kier alpha value is -1.03. The Morgan fingerprint density at radius 1 is 1.62 bits per heavy atom. The monoisotopic (exact) mass is 245 g/mol. The Morgan fingerprint density at radius 3 is 2.77 bits per heavy atom. The van der Waals surface area contributed by atoms with Gasteiger partial charge in [0, 0.05) is 10.9 Å². The lowest BCUT2D eigenvalue weighted by Gasteiger charge is -2.05. The molecule has 0 aliphatic rings. The molecule has 0 unspecified atom stereocenters. The van der Waals surface area contributed by atoms with Crippen molar-refractivity contribution >= 4 is 21.6 Å². The summed E-state index contributed by atoms with van der Waals surface area (Å²) in [6, 6.07) is 2.74. The average Bonchev–Trinajstić information content (AvgIpc) is 1.99. The van der Waals surface area contributed by atoms with Crippen molar-refractivity contribution in [3.8, 4) is 0 Å². The molecule has 0 bridgehead atoms. The quantitative estimate of drug-likeness (QED) is 0.622. The zero-order valence-corrected chi connectivity index (χ0v) is 8.44. The van der Waals surface area contributed by atoms with E-state index >= 15 is 0 Å². The lowest BCUT2D eigenvalue weighted by atomic mass is 10.1. The number of halogens is 2. The molecule has 0 saturated heterocycles. The van der Waals surface area contributed by atoms with E-state index in [9.17, 15) is 4.39 Å². The smallest absolute Gasteiger partial charge is 0.147 e. The van der Waals surface area contributed by atoms with Gasteiger partial charge in [0.25, 0.3) is 0 Å². The second-order valence-electron chi connectivity index (χ2n) is 2.71. The van der Waals surface area contributed by atoms with Crippen molar-refractivity contribution in [2.24, 2.45) is 0 Å². The van der Waals surface area contributed by atoms with Gasteiger partial charge >= 0.3 is 0 Å². The second-order valence-corrected chi connectivity index (χ2v) is 3.56. The molecule has 0 aromatic heterocycles. The number of rotatable bonds is 2. The first-order valence-electron chi connectivity index (χ1n) is 3.61. The summed E-state index contributed by atoms with van der Waals surface area (Å²) in [7, 11) is 0. The maximum absolute atomic E-state index is 12.9. The number of aliphatic hydroxyl groups excluding tert-OH is 1. The van der Waals surface area contributed by atoms with Crippen LogP contribution in [0, 0.1) is 5.82 Å². The molecule has 4 heteroatoms. The van der Waals surface area contributed by atoms with Gasteiger partial charge in [-0.1, -0.05) is 22.5 Å². The topological polar surface area (TPSA) is 46.2 Å². The van der Waals surface area contributed by atoms with E-state index in [4.69, 9.17) is 10.8 Å². The van der Waals surface area contributed by atoms with E-state index in [2.05, 4.69) is 22.5 Å². The second kappa shape index (κ2) is 3.79. The van der Waals surface area contributed by atoms with Gasteiger partial charge in [-0.15, -0.1) is 0 Å². The minimum atomic E-state index is -0.473. The third kappa shape index (κ3) is 2.45. The molecule has 70 valence electrons. The Balaban J connectivity index is 3.08. The summed E-state index contributed by atoms with van der Waals surface area (Å²) in [6.07, 6.45) is 0.269. The Bertz CT molecular complexity index is 352. The standard InChI is InChI=1S/C9H9BrFNO/c1-5(13)2-6-3-9(12)8(11)4-7(6)10/h3-4,13H,1-2,12H2. The van der Waals surface area contributed by atoms with Gasteiger partial charge in [0.05, 0.1) is 11.4 Å². The molecule has 0 atom stereocenters. The van der Waals surface area contributed by atoms with Crippen LogP contribution in [0.15, 0.2) is 28.9 Å². The highest BCUT2D eigenvalue weighted by Gasteiger charge is 2.06.